The Balaban J connectivity index is 2.47. The molecule has 8 heteroatoms. The Morgan fingerprint density at radius 3 is 2.55 bits per heavy atom. The summed E-state index contributed by atoms with van der Waals surface area (Å²) in [6, 6.07) is 2.65. The molecule has 0 radical (unpaired) electrons. The summed E-state index contributed by atoms with van der Waals surface area (Å²) in [5, 5.41) is 8.75. The molecule has 0 N–H and O–H groups in total. The van der Waals surface area contributed by atoms with Crippen LogP contribution in [0.3, 0.4) is 0 Å². The molecule has 2 rings (SSSR count). The van der Waals surface area contributed by atoms with E-state index in [4.69, 9.17) is 16.9 Å². The maximum absolute atomic E-state index is 12.9. The average molecular weight is 311 g/mol. The van der Waals surface area contributed by atoms with Crippen molar-refractivity contribution in [3.8, 4) is 6.07 Å². The lowest BCUT2D eigenvalue weighted by Crippen LogP contribution is -2.43. The number of alkyl halides is 5. The SMILES string of the molecule is N#Cc1ccc2c(c1Cl)CC(C(F)F)N2CC(F)(F)F. The van der Waals surface area contributed by atoms with Gasteiger partial charge in [0.25, 0.3) is 6.43 Å². The molecule has 0 bridgehead atoms. The summed E-state index contributed by atoms with van der Waals surface area (Å²) in [6.07, 6.45) is -7.85. The van der Waals surface area contributed by atoms with Gasteiger partial charge in [0.15, 0.2) is 0 Å². The van der Waals surface area contributed by atoms with Crippen LogP contribution in [0.2, 0.25) is 5.02 Å². The Kier molecular flexibility index (Phi) is 3.78. The van der Waals surface area contributed by atoms with Crippen LogP contribution in [-0.4, -0.2) is 25.2 Å². The Morgan fingerprint density at radius 2 is 2.05 bits per heavy atom. The van der Waals surface area contributed by atoms with Gasteiger partial charge in [0, 0.05) is 12.1 Å². The molecular weight excluding hydrogens is 303 g/mol. The third-order valence-electron chi connectivity index (χ3n) is 3.10. The van der Waals surface area contributed by atoms with E-state index in [0.29, 0.717) is 4.90 Å². The zero-order valence-electron chi connectivity index (χ0n) is 9.89. The number of nitrogens with zero attached hydrogens (tertiary/aromatic N) is 2. The minimum atomic E-state index is -4.60. The van der Waals surface area contributed by atoms with Crippen molar-refractivity contribution in [3.63, 3.8) is 0 Å². The lowest BCUT2D eigenvalue weighted by molar-refractivity contribution is -0.121. The van der Waals surface area contributed by atoms with E-state index in [2.05, 4.69) is 0 Å². The van der Waals surface area contributed by atoms with Gasteiger partial charge in [-0.15, -0.1) is 0 Å². The second kappa shape index (κ2) is 5.09. The highest BCUT2D eigenvalue weighted by Crippen LogP contribution is 2.41. The van der Waals surface area contributed by atoms with Crippen LogP contribution in [0.25, 0.3) is 0 Å². The van der Waals surface area contributed by atoms with Gasteiger partial charge >= 0.3 is 6.18 Å². The first kappa shape index (κ1) is 14.9. The van der Waals surface area contributed by atoms with Gasteiger partial charge in [-0.3, -0.25) is 0 Å². The normalized spacial score (nSPS) is 18.3. The highest BCUT2D eigenvalue weighted by atomic mass is 35.5. The molecular formula is C12H8ClF5N2. The van der Waals surface area contributed by atoms with E-state index >= 15 is 0 Å². The van der Waals surface area contributed by atoms with Crippen LogP contribution >= 0.6 is 11.6 Å². The third-order valence-corrected chi connectivity index (χ3v) is 3.53. The van der Waals surface area contributed by atoms with Crippen molar-refractivity contribution in [2.45, 2.75) is 25.1 Å². The number of nitriles is 1. The molecule has 0 aliphatic carbocycles. The Hall–Kier alpha value is -1.55. The van der Waals surface area contributed by atoms with Crippen molar-refractivity contribution in [3.05, 3.63) is 28.3 Å². The molecule has 1 aliphatic heterocycles. The number of fused-ring (bicyclic) bond motifs is 1. The predicted octanol–water partition coefficient (Wildman–Crippen LogP) is 3.77. The number of benzene rings is 1. The van der Waals surface area contributed by atoms with Gasteiger partial charge in [-0.05, 0) is 17.7 Å². The molecule has 0 spiro atoms. The summed E-state index contributed by atoms with van der Waals surface area (Å²) in [7, 11) is 0. The molecule has 0 saturated heterocycles. The van der Waals surface area contributed by atoms with Crippen LogP contribution in [0.15, 0.2) is 12.1 Å². The van der Waals surface area contributed by atoms with Crippen LogP contribution in [0.5, 0.6) is 0 Å². The Morgan fingerprint density at radius 1 is 1.40 bits per heavy atom. The highest BCUT2D eigenvalue weighted by Gasteiger charge is 2.42. The zero-order valence-corrected chi connectivity index (χ0v) is 10.6. The summed E-state index contributed by atoms with van der Waals surface area (Å²) < 4.78 is 63.4. The van der Waals surface area contributed by atoms with Crippen molar-refractivity contribution in [1.82, 2.24) is 0 Å². The lowest BCUT2D eigenvalue weighted by atomic mass is 10.1. The van der Waals surface area contributed by atoms with Crippen LogP contribution in [0.4, 0.5) is 27.6 Å². The van der Waals surface area contributed by atoms with Gasteiger partial charge in [0.05, 0.1) is 16.6 Å². The molecule has 0 fully saturated rings. The Labute approximate surface area is 116 Å². The smallest absolute Gasteiger partial charge is 0.353 e. The first-order valence-electron chi connectivity index (χ1n) is 5.57. The molecule has 20 heavy (non-hydrogen) atoms. The van der Waals surface area contributed by atoms with E-state index in [-0.39, 0.29) is 28.3 Å². The fourth-order valence-electron chi connectivity index (χ4n) is 2.28. The zero-order chi connectivity index (χ0) is 15.1. The fourth-order valence-corrected chi connectivity index (χ4v) is 2.56. The maximum Gasteiger partial charge on any atom is 0.405 e. The molecule has 2 nitrogen and oxygen atoms in total. The van der Waals surface area contributed by atoms with Crippen molar-refractivity contribution in [2.24, 2.45) is 0 Å². The third kappa shape index (κ3) is 2.66. The largest absolute Gasteiger partial charge is 0.405 e. The number of anilines is 1. The summed E-state index contributed by atoms with van der Waals surface area (Å²) >= 11 is 5.89. The number of halogens is 6. The molecule has 1 aliphatic rings. The van der Waals surface area contributed by atoms with E-state index < -0.39 is 25.2 Å². The molecule has 1 atom stereocenters. The molecule has 1 unspecified atom stereocenters. The molecule has 0 saturated carbocycles. The minimum absolute atomic E-state index is 0.0108. The second-order valence-corrected chi connectivity index (χ2v) is 4.76. The number of hydrogen-bond donors (Lipinski definition) is 0. The lowest BCUT2D eigenvalue weighted by Gasteiger charge is -2.27. The highest BCUT2D eigenvalue weighted by molar-refractivity contribution is 6.33. The van der Waals surface area contributed by atoms with Crippen LogP contribution in [0.1, 0.15) is 11.1 Å². The van der Waals surface area contributed by atoms with Crippen molar-refractivity contribution >= 4 is 17.3 Å². The van der Waals surface area contributed by atoms with Gasteiger partial charge in [-0.25, -0.2) is 8.78 Å². The van der Waals surface area contributed by atoms with Gasteiger partial charge in [0.1, 0.15) is 12.6 Å². The van der Waals surface area contributed by atoms with Gasteiger partial charge in [0.2, 0.25) is 0 Å². The molecule has 0 amide bonds. The first-order valence-corrected chi connectivity index (χ1v) is 5.95. The Bertz CT molecular complexity index is 564. The van der Waals surface area contributed by atoms with Gasteiger partial charge in [-0.1, -0.05) is 11.6 Å². The topological polar surface area (TPSA) is 27.0 Å². The maximum atomic E-state index is 12.9. The summed E-state index contributed by atoms with van der Waals surface area (Å²) in [6.45, 7) is -1.47. The number of rotatable bonds is 2. The summed E-state index contributed by atoms with van der Waals surface area (Å²) in [5.74, 6) is 0. The van der Waals surface area contributed by atoms with E-state index in [1.165, 1.54) is 12.1 Å². The van der Waals surface area contributed by atoms with Crippen LogP contribution < -0.4 is 4.90 Å². The molecule has 108 valence electrons. The van der Waals surface area contributed by atoms with E-state index in [0.717, 1.165) is 0 Å². The van der Waals surface area contributed by atoms with Crippen LogP contribution in [0, 0.1) is 11.3 Å². The average Bonchev–Trinajstić information content (AvgIpc) is 2.67. The monoisotopic (exact) mass is 310 g/mol. The minimum Gasteiger partial charge on any atom is -0.353 e. The quantitative estimate of drug-likeness (QED) is 0.778. The number of hydrogen-bond acceptors (Lipinski definition) is 2. The van der Waals surface area contributed by atoms with E-state index in [9.17, 15) is 22.0 Å². The van der Waals surface area contributed by atoms with Crippen molar-refractivity contribution < 1.29 is 22.0 Å². The molecule has 1 heterocycles. The van der Waals surface area contributed by atoms with Gasteiger partial charge in [-0.2, -0.15) is 18.4 Å². The van der Waals surface area contributed by atoms with Crippen molar-refractivity contribution in [1.29, 1.82) is 5.26 Å². The molecule has 0 aromatic heterocycles. The second-order valence-electron chi connectivity index (χ2n) is 4.39. The van der Waals surface area contributed by atoms with Gasteiger partial charge < -0.3 is 4.90 Å². The van der Waals surface area contributed by atoms with Crippen LogP contribution in [-0.2, 0) is 6.42 Å². The predicted molar refractivity (Wildman–Crippen MR) is 63.1 cm³/mol. The summed E-state index contributed by atoms with van der Waals surface area (Å²) in [4.78, 5) is 0.604. The van der Waals surface area contributed by atoms with E-state index in [1.54, 1.807) is 6.07 Å². The van der Waals surface area contributed by atoms with E-state index in [1.807, 2.05) is 0 Å². The molecule has 1 aromatic rings. The first-order chi connectivity index (χ1) is 9.24. The standard InChI is InChI=1S/C12H8ClF5N2/c13-10-6(4-19)1-2-8-7(10)3-9(11(14)15)20(8)5-12(16,17)18/h1-2,9,11H,3,5H2. The van der Waals surface area contributed by atoms with Crippen molar-refractivity contribution in [2.75, 3.05) is 11.4 Å². The summed E-state index contributed by atoms with van der Waals surface area (Å²) in [5.41, 5.74) is 0.240. The molecule has 1 aromatic carbocycles. The fraction of sp³-hybridized carbons (Fsp3) is 0.417.